The zero-order chi connectivity index (χ0) is 30.2. The van der Waals surface area contributed by atoms with Crippen LogP contribution in [-0.2, 0) is 5.41 Å². The van der Waals surface area contributed by atoms with Gasteiger partial charge in [-0.05, 0) is 67.3 Å². The Labute approximate surface area is 255 Å². The van der Waals surface area contributed by atoms with Crippen LogP contribution in [0.2, 0.25) is 0 Å². The van der Waals surface area contributed by atoms with E-state index < -0.39 is 0 Å². The van der Waals surface area contributed by atoms with Crippen LogP contribution in [0.1, 0.15) is 37.7 Å². The fourth-order valence-corrected chi connectivity index (χ4v) is 6.29. The van der Waals surface area contributed by atoms with E-state index in [1.54, 1.807) is 0 Å². The maximum absolute atomic E-state index is 6.81. The molecule has 0 spiro atoms. The van der Waals surface area contributed by atoms with Crippen molar-refractivity contribution in [3.63, 3.8) is 0 Å². The molecule has 44 heavy (non-hydrogen) atoms. The zero-order valence-corrected chi connectivity index (χ0v) is 25.4. The molecule has 0 fully saturated rings. The molecule has 0 atom stereocenters. The second-order valence-electron chi connectivity index (χ2n) is 12.5. The van der Waals surface area contributed by atoms with Crippen molar-refractivity contribution in [2.45, 2.75) is 40.0 Å². The highest BCUT2D eigenvalue weighted by atomic mass is 16.5. The summed E-state index contributed by atoms with van der Waals surface area (Å²) < 4.78 is 17.3. The molecule has 0 aliphatic heterocycles. The Morgan fingerprint density at radius 2 is 1.50 bits per heavy atom. The molecular formula is C38H32N4O2. The van der Waals surface area contributed by atoms with Crippen LogP contribution in [0.25, 0.3) is 55.2 Å². The number of para-hydroxylation sites is 2. The van der Waals surface area contributed by atoms with Gasteiger partial charge in [-0.3, -0.25) is 4.57 Å². The number of aryl methyl sites for hydroxylation is 2. The van der Waals surface area contributed by atoms with E-state index in [-0.39, 0.29) is 5.41 Å². The summed E-state index contributed by atoms with van der Waals surface area (Å²) in [5.41, 5.74) is 7.82. The molecule has 216 valence electrons. The number of hydrogen-bond acceptors (Lipinski definition) is 4. The number of aromatic nitrogens is 4. The summed E-state index contributed by atoms with van der Waals surface area (Å²) in [6.07, 6.45) is 1.90. The quantitative estimate of drug-likeness (QED) is 0.209. The summed E-state index contributed by atoms with van der Waals surface area (Å²) in [5, 5.41) is 9.00. The summed E-state index contributed by atoms with van der Waals surface area (Å²) in [5.74, 6) is 2.33. The lowest BCUT2D eigenvalue weighted by atomic mass is 9.88. The van der Waals surface area contributed by atoms with Crippen LogP contribution in [0.4, 0.5) is 0 Å². The number of hydrogen-bond donors (Lipinski definition) is 0. The normalized spacial score (nSPS) is 12.2. The van der Waals surface area contributed by atoms with Gasteiger partial charge in [0.2, 0.25) is 0 Å². The van der Waals surface area contributed by atoms with Gasteiger partial charge in [-0.1, -0.05) is 57.2 Å². The van der Waals surface area contributed by atoms with E-state index in [0.29, 0.717) is 5.75 Å². The molecule has 6 nitrogen and oxygen atoms in total. The van der Waals surface area contributed by atoms with Crippen LogP contribution in [0, 0.1) is 13.8 Å². The monoisotopic (exact) mass is 576 g/mol. The van der Waals surface area contributed by atoms with Gasteiger partial charge in [0.25, 0.3) is 0 Å². The summed E-state index contributed by atoms with van der Waals surface area (Å²) in [7, 11) is 0. The second kappa shape index (κ2) is 9.58. The summed E-state index contributed by atoms with van der Waals surface area (Å²) in [6.45, 7) is 10.7. The van der Waals surface area contributed by atoms with Crippen LogP contribution < -0.4 is 4.74 Å². The van der Waals surface area contributed by atoms with E-state index in [0.717, 1.165) is 67.0 Å². The summed E-state index contributed by atoms with van der Waals surface area (Å²) >= 11 is 0. The van der Waals surface area contributed by atoms with E-state index in [2.05, 4.69) is 99.0 Å². The number of fused-ring (bicyclic) bond motifs is 6. The number of pyridine rings is 1. The number of benzene rings is 4. The average Bonchev–Trinajstić information content (AvgIpc) is 3.66. The first-order chi connectivity index (χ1) is 21.2. The number of rotatable bonds is 4. The van der Waals surface area contributed by atoms with Crippen molar-refractivity contribution in [2.75, 3.05) is 0 Å². The Kier molecular flexibility index (Phi) is 5.72. The second-order valence-corrected chi connectivity index (χ2v) is 12.5. The maximum atomic E-state index is 6.81. The third-order valence-corrected chi connectivity index (χ3v) is 8.39. The summed E-state index contributed by atoms with van der Waals surface area (Å²) in [4.78, 5) is 4.83. The van der Waals surface area contributed by atoms with Crippen molar-refractivity contribution < 1.29 is 9.15 Å². The van der Waals surface area contributed by atoms with Crippen molar-refractivity contribution >= 4 is 43.7 Å². The molecule has 0 aliphatic carbocycles. The molecule has 0 aliphatic rings. The average molecular weight is 577 g/mol. The predicted octanol–water partition coefficient (Wildman–Crippen LogP) is 9.97. The minimum absolute atomic E-state index is 0.0000510. The van der Waals surface area contributed by atoms with Crippen molar-refractivity contribution in [1.29, 1.82) is 0 Å². The molecule has 6 heteroatoms. The Morgan fingerprint density at radius 1 is 0.727 bits per heavy atom. The first-order valence-electron chi connectivity index (χ1n) is 14.9. The van der Waals surface area contributed by atoms with Gasteiger partial charge in [0.05, 0.1) is 27.8 Å². The van der Waals surface area contributed by atoms with Gasteiger partial charge < -0.3 is 9.15 Å². The van der Waals surface area contributed by atoms with Gasteiger partial charge in [-0.25, -0.2) is 9.67 Å². The minimum Gasteiger partial charge on any atom is -0.456 e. The van der Waals surface area contributed by atoms with Crippen LogP contribution in [0.5, 0.6) is 11.5 Å². The first-order valence-corrected chi connectivity index (χ1v) is 14.9. The summed E-state index contributed by atoms with van der Waals surface area (Å²) in [6, 6.07) is 33.3. The minimum atomic E-state index is -0.0000510. The molecule has 0 radical (unpaired) electrons. The van der Waals surface area contributed by atoms with Crippen molar-refractivity contribution in [3.8, 4) is 23.0 Å². The smallest absolute Gasteiger partial charge is 0.141 e. The molecule has 0 bridgehead atoms. The highest BCUT2D eigenvalue weighted by molar-refractivity contribution is 6.10. The van der Waals surface area contributed by atoms with Crippen LogP contribution in [-0.4, -0.2) is 19.3 Å². The van der Waals surface area contributed by atoms with Gasteiger partial charge in [0, 0.05) is 46.2 Å². The van der Waals surface area contributed by atoms with Gasteiger partial charge >= 0.3 is 0 Å². The van der Waals surface area contributed by atoms with Crippen molar-refractivity contribution in [2.24, 2.45) is 0 Å². The molecule has 0 saturated carbocycles. The molecule has 8 aromatic rings. The molecular weight excluding hydrogens is 544 g/mol. The van der Waals surface area contributed by atoms with Crippen LogP contribution in [0.3, 0.4) is 0 Å². The van der Waals surface area contributed by atoms with Gasteiger partial charge in [0.1, 0.15) is 28.5 Å². The number of furan rings is 1. The van der Waals surface area contributed by atoms with Crippen molar-refractivity contribution in [3.05, 3.63) is 120 Å². The Bertz CT molecular complexity index is 2380. The van der Waals surface area contributed by atoms with Gasteiger partial charge in [0.15, 0.2) is 0 Å². The number of nitrogens with zero attached hydrogens (tertiary/aromatic N) is 4. The first kappa shape index (κ1) is 26.3. The molecule has 8 rings (SSSR count). The fraction of sp³-hybridized carbons (Fsp3) is 0.158. The van der Waals surface area contributed by atoms with E-state index in [9.17, 15) is 0 Å². The highest BCUT2D eigenvalue weighted by Crippen LogP contribution is 2.41. The fourth-order valence-electron chi connectivity index (χ4n) is 6.29. The molecule has 4 aromatic carbocycles. The Morgan fingerprint density at radius 3 is 2.30 bits per heavy atom. The third-order valence-electron chi connectivity index (χ3n) is 8.39. The maximum Gasteiger partial charge on any atom is 0.141 e. The van der Waals surface area contributed by atoms with E-state index >= 15 is 0 Å². The Balaban J connectivity index is 1.34. The standard InChI is InChI=1S/C38H32N4O2/c1-23-18-24(2)42(40-23)26-20-34(37-30-11-7-9-13-33(30)44-35(37)21-26)43-27-14-15-29-28-10-6-8-12-31(28)41(32(29)22-27)36-19-25(16-17-39-36)38(3,4)5/h6-22H,1-5H3. The van der Waals surface area contributed by atoms with E-state index in [1.165, 1.54) is 10.9 Å². The third kappa shape index (κ3) is 4.17. The SMILES string of the molecule is Cc1cc(C)n(-c2cc(Oc3ccc4c5ccccc5n(-c5cc(C(C)(C)C)ccn5)c4c3)c3c(c2)oc2ccccc23)n1. The molecule has 0 amide bonds. The lowest BCUT2D eigenvalue weighted by Crippen LogP contribution is -2.12. The molecule has 0 N–H and O–H groups in total. The van der Waals surface area contributed by atoms with Crippen LogP contribution in [0.15, 0.2) is 108 Å². The zero-order valence-electron chi connectivity index (χ0n) is 25.4. The Hall–Kier alpha value is -5.36. The van der Waals surface area contributed by atoms with Crippen molar-refractivity contribution in [1.82, 2.24) is 19.3 Å². The molecule has 4 heterocycles. The van der Waals surface area contributed by atoms with Gasteiger partial charge in [-0.2, -0.15) is 5.10 Å². The topological polar surface area (TPSA) is 58.0 Å². The van der Waals surface area contributed by atoms with E-state index in [4.69, 9.17) is 19.2 Å². The lowest BCUT2D eigenvalue weighted by Gasteiger charge is -2.20. The lowest BCUT2D eigenvalue weighted by molar-refractivity contribution is 0.488. The molecule has 0 saturated heterocycles. The highest BCUT2D eigenvalue weighted by Gasteiger charge is 2.20. The molecule has 4 aromatic heterocycles. The predicted molar refractivity (Wildman–Crippen MR) is 178 cm³/mol. The van der Waals surface area contributed by atoms with Crippen LogP contribution >= 0.6 is 0 Å². The number of ether oxygens (including phenoxy) is 1. The van der Waals surface area contributed by atoms with E-state index in [1.807, 2.05) is 48.1 Å². The molecule has 0 unspecified atom stereocenters. The largest absolute Gasteiger partial charge is 0.456 e. The van der Waals surface area contributed by atoms with Gasteiger partial charge in [-0.15, -0.1) is 0 Å².